The molecule has 0 saturated carbocycles. The van der Waals surface area contributed by atoms with Crippen LogP contribution in [0.15, 0.2) is 48.5 Å². The summed E-state index contributed by atoms with van der Waals surface area (Å²) in [6.45, 7) is 3.19. The first-order valence-corrected chi connectivity index (χ1v) is 11.8. The number of ether oxygens (including phenoxy) is 1. The van der Waals surface area contributed by atoms with Gasteiger partial charge < -0.3 is 20.3 Å². The molecule has 2 aliphatic heterocycles. The van der Waals surface area contributed by atoms with E-state index >= 15 is 0 Å². The van der Waals surface area contributed by atoms with Gasteiger partial charge in [0.15, 0.2) is 0 Å². The molecule has 2 amide bonds. The number of fused-ring (bicyclic) bond motifs is 1. The van der Waals surface area contributed by atoms with Gasteiger partial charge in [-0.3, -0.25) is 14.5 Å². The zero-order chi connectivity index (χ0) is 23.2. The fourth-order valence-electron chi connectivity index (χ4n) is 4.60. The second-order valence-corrected chi connectivity index (χ2v) is 9.05. The number of nitrogens with zero attached hydrogens (tertiary/aromatic N) is 2. The second kappa shape index (κ2) is 10.8. The largest absolute Gasteiger partial charge is 0.378 e. The Morgan fingerprint density at radius 3 is 2.48 bits per heavy atom. The van der Waals surface area contributed by atoms with Crippen molar-refractivity contribution in [3.63, 3.8) is 0 Å². The molecule has 0 spiro atoms. The van der Waals surface area contributed by atoms with Gasteiger partial charge >= 0.3 is 11.8 Å². The Morgan fingerprint density at radius 1 is 1.06 bits per heavy atom. The Bertz CT molecular complexity index is 954. The molecule has 0 unspecified atom stereocenters. The van der Waals surface area contributed by atoms with Crippen molar-refractivity contribution in [1.29, 1.82) is 0 Å². The summed E-state index contributed by atoms with van der Waals surface area (Å²) in [4.78, 5) is 29.3. The normalized spacial score (nSPS) is 18.9. The minimum atomic E-state index is -0.601. The molecule has 2 heterocycles. The van der Waals surface area contributed by atoms with Gasteiger partial charge in [-0.2, -0.15) is 0 Å². The van der Waals surface area contributed by atoms with E-state index in [4.69, 9.17) is 4.74 Å². The summed E-state index contributed by atoms with van der Waals surface area (Å²) in [6.07, 6.45) is 2.90. The maximum atomic E-state index is 12.5. The van der Waals surface area contributed by atoms with E-state index in [1.165, 1.54) is 11.1 Å². The number of anilines is 1. The van der Waals surface area contributed by atoms with Crippen LogP contribution in [0.4, 0.5) is 5.69 Å². The first kappa shape index (κ1) is 23.3. The number of carbonyl (C=O) groups excluding carboxylic acids is 2. The molecule has 33 heavy (non-hydrogen) atoms. The van der Waals surface area contributed by atoms with E-state index in [1.54, 1.807) is 0 Å². The lowest BCUT2D eigenvalue weighted by Crippen LogP contribution is -2.46. The summed E-state index contributed by atoms with van der Waals surface area (Å²) in [5.41, 5.74) is 4.95. The van der Waals surface area contributed by atoms with Crippen LogP contribution in [0.25, 0.3) is 0 Å². The standard InChI is InChI=1S/C26H34N4O3/c1-29(2)22-11-9-20(10-12-22)24(30-14-13-19-6-3-4-7-21(19)18-30)17-28-26(32)25(31)27-16-23-8-5-15-33-23/h3-4,6-7,9-12,23-24H,5,8,13-18H2,1-2H3,(H,27,31)(H,28,32)/t23-,24-/m0/s1. The van der Waals surface area contributed by atoms with Gasteiger partial charge in [0.1, 0.15) is 0 Å². The summed E-state index contributed by atoms with van der Waals surface area (Å²) in [5.74, 6) is -1.20. The highest BCUT2D eigenvalue weighted by atomic mass is 16.5. The van der Waals surface area contributed by atoms with E-state index in [0.29, 0.717) is 13.1 Å². The van der Waals surface area contributed by atoms with Crippen LogP contribution < -0.4 is 15.5 Å². The lowest BCUT2D eigenvalue weighted by atomic mass is 9.96. The van der Waals surface area contributed by atoms with Gasteiger partial charge in [-0.25, -0.2) is 0 Å². The molecule has 2 aliphatic rings. The number of amides is 2. The van der Waals surface area contributed by atoms with Gasteiger partial charge in [0.25, 0.3) is 0 Å². The van der Waals surface area contributed by atoms with Crippen molar-refractivity contribution in [3.05, 3.63) is 65.2 Å². The van der Waals surface area contributed by atoms with E-state index in [-0.39, 0.29) is 12.1 Å². The molecule has 0 aliphatic carbocycles. The van der Waals surface area contributed by atoms with E-state index in [0.717, 1.165) is 50.2 Å². The van der Waals surface area contributed by atoms with Crippen LogP contribution in [-0.4, -0.2) is 63.2 Å². The molecule has 0 radical (unpaired) electrons. The lowest BCUT2D eigenvalue weighted by molar-refractivity contribution is -0.139. The number of hydrogen-bond acceptors (Lipinski definition) is 5. The number of nitrogens with one attached hydrogen (secondary N) is 2. The van der Waals surface area contributed by atoms with Gasteiger partial charge in [0.05, 0.1) is 12.1 Å². The molecule has 7 nitrogen and oxygen atoms in total. The summed E-state index contributed by atoms with van der Waals surface area (Å²) in [7, 11) is 4.03. The van der Waals surface area contributed by atoms with Gasteiger partial charge in [-0.05, 0) is 48.1 Å². The lowest BCUT2D eigenvalue weighted by Gasteiger charge is -2.36. The van der Waals surface area contributed by atoms with E-state index in [1.807, 2.05) is 14.1 Å². The highest BCUT2D eigenvalue weighted by Crippen LogP contribution is 2.28. The third-order valence-corrected chi connectivity index (χ3v) is 6.57. The van der Waals surface area contributed by atoms with Crippen molar-refractivity contribution in [2.75, 3.05) is 45.2 Å². The molecule has 0 aromatic heterocycles. The van der Waals surface area contributed by atoms with Crippen molar-refractivity contribution >= 4 is 17.5 Å². The van der Waals surface area contributed by atoms with E-state index < -0.39 is 11.8 Å². The van der Waals surface area contributed by atoms with Crippen molar-refractivity contribution in [2.24, 2.45) is 0 Å². The van der Waals surface area contributed by atoms with Crippen LogP contribution in [0.1, 0.15) is 35.6 Å². The molecule has 1 fully saturated rings. The molecular weight excluding hydrogens is 416 g/mol. The minimum absolute atomic E-state index is 0.0122. The Hall–Kier alpha value is -2.90. The second-order valence-electron chi connectivity index (χ2n) is 9.05. The van der Waals surface area contributed by atoms with Crippen LogP contribution in [0.2, 0.25) is 0 Å². The van der Waals surface area contributed by atoms with Gasteiger partial charge in [-0.1, -0.05) is 36.4 Å². The quantitative estimate of drug-likeness (QED) is 0.633. The summed E-state index contributed by atoms with van der Waals surface area (Å²) in [5, 5.41) is 5.58. The van der Waals surface area contributed by atoms with E-state index in [2.05, 4.69) is 69.0 Å². The number of carbonyl (C=O) groups is 2. The summed E-state index contributed by atoms with van der Waals surface area (Å²) in [6, 6.07) is 16.9. The predicted molar refractivity (Wildman–Crippen MR) is 129 cm³/mol. The van der Waals surface area contributed by atoms with Gasteiger partial charge in [-0.15, -0.1) is 0 Å². The van der Waals surface area contributed by atoms with Crippen molar-refractivity contribution < 1.29 is 14.3 Å². The summed E-state index contributed by atoms with van der Waals surface area (Å²) >= 11 is 0. The minimum Gasteiger partial charge on any atom is -0.378 e. The van der Waals surface area contributed by atoms with Crippen LogP contribution >= 0.6 is 0 Å². The topological polar surface area (TPSA) is 73.9 Å². The Balaban J connectivity index is 1.43. The average molecular weight is 451 g/mol. The Morgan fingerprint density at radius 2 is 1.79 bits per heavy atom. The zero-order valence-corrected chi connectivity index (χ0v) is 19.5. The van der Waals surface area contributed by atoms with Gasteiger partial charge in [0.2, 0.25) is 0 Å². The molecule has 2 atom stereocenters. The van der Waals surface area contributed by atoms with Gasteiger partial charge in [0, 0.05) is 52.6 Å². The smallest absolute Gasteiger partial charge is 0.309 e. The molecule has 2 aromatic carbocycles. The SMILES string of the molecule is CN(C)c1ccc([C@H](CNC(=O)C(=O)NC[C@@H]2CCCO2)N2CCc3ccccc3C2)cc1. The average Bonchev–Trinajstić information content (AvgIpc) is 3.36. The monoisotopic (exact) mass is 450 g/mol. The maximum Gasteiger partial charge on any atom is 0.309 e. The molecular formula is C26H34N4O3. The highest BCUT2D eigenvalue weighted by molar-refractivity contribution is 6.35. The van der Waals surface area contributed by atoms with Crippen LogP contribution in [0.5, 0.6) is 0 Å². The van der Waals surface area contributed by atoms with Crippen molar-refractivity contribution in [2.45, 2.75) is 38.0 Å². The third kappa shape index (κ3) is 5.92. The Labute approximate surface area is 196 Å². The van der Waals surface area contributed by atoms with Crippen LogP contribution in [0.3, 0.4) is 0 Å². The fourth-order valence-corrected chi connectivity index (χ4v) is 4.60. The molecule has 176 valence electrons. The molecule has 7 heteroatoms. The van der Waals surface area contributed by atoms with Crippen LogP contribution in [-0.2, 0) is 27.3 Å². The van der Waals surface area contributed by atoms with E-state index in [9.17, 15) is 9.59 Å². The van der Waals surface area contributed by atoms with Crippen molar-refractivity contribution in [3.8, 4) is 0 Å². The maximum absolute atomic E-state index is 12.5. The number of benzene rings is 2. The predicted octanol–water partition coefficient (Wildman–Crippen LogP) is 2.26. The zero-order valence-electron chi connectivity index (χ0n) is 19.5. The third-order valence-electron chi connectivity index (χ3n) is 6.57. The summed E-state index contributed by atoms with van der Waals surface area (Å²) < 4.78 is 5.52. The number of hydrogen-bond donors (Lipinski definition) is 2. The molecule has 0 bridgehead atoms. The molecule has 4 rings (SSSR count). The first-order valence-electron chi connectivity index (χ1n) is 11.8. The Kier molecular flexibility index (Phi) is 7.62. The van der Waals surface area contributed by atoms with Crippen LogP contribution in [0, 0.1) is 0 Å². The number of rotatable bonds is 7. The first-order chi connectivity index (χ1) is 16.0. The molecule has 1 saturated heterocycles. The molecule has 2 aromatic rings. The fraction of sp³-hybridized carbons (Fsp3) is 0.462. The highest BCUT2D eigenvalue weighted by Gasteiger charge is 2.26. The molecule has 2 N–H and O–H groups in total. The van der Waals surface area contributed by atoms with Crippen molar-refractivity contribution in [1.82, 2.24) is 15.5 Å².